The topological polar surface area (TPSA) is 61.8 Å². The van der Waals surface area contributed by atoms with Gasteiger partial charge >= 0.3 is 0 Å². The molecule has 0 saturated carbocycles. The van der Waals surface area contributed by atoms with Gasteiger partial charge in [0.05, 0.1) is 23.0 Å². The van der Waals surface area contributed by atoms with E-state index in [9.17, 15) is 4.39 Å². The molecule has 19 heavy (non-hydrogen) atoms. The number of hydrogen-bond acceptors (Lipinski definition) is 3. The lowest BCUT2D eigenvalue weighted by molar-refractivity contribution is 0.626. The molecule has 3 N–H and O–H groups in total. The van der Waals surface area contributed by atoms with Crippen LogP contribution in [0.1, 0.15) is 24.1 Å². The second kappa shape index (κ2) is 5.40. The van der Waals surface area contributed by atoms with Gasteiger partial charge < -0.3 is 11.1 Å². The molecule has 0 amide bonds. The van der Waals surface area contributed by atoms with Crippen molar-refractivity contribution in [2.45, 2.75) is 13.0 Å². The van der Waals surface area contributed by atoms with Crippen molar-refractivity contribution < 1.29 is 4.39 Å². The van der Waals surface area contributed by atoms with E-state index in [0.29, 0.717) is 11.3 Å². The van der Waals surface area contributed by atoms with Crippen molar-refractivity contribution >= 4 is 11.4 Å². The molecule has 0 spiro atoms. The van der Waals surface area contributed by atoms with Crippen LogP contribution in [-0.4, -0.2) is 0 Å². The number of hydrogen-bond donors (Lipinski definition) is 2. The van der Waals surface area contributed by atoms with Gasteiger partial charge in [-0.25, -0.2) is 4.39 Å². The Kier molecular flexibility index (Phi) is 3.67. The lowest BCUT2D eigenvalue weighted by Gasteiger charge is -2.17. The number of anilines is 2. The Hall–Kier alpha value is -2.54. The van der Waals surface area contributed by atoms with E-state index in [-0.39, 0.29) is 11.9 Å². The van der Waals surface area contributed by atoms with Crippen LogP contribution in [-0.2, 0) is 0 Å². The molecule has 0 bridgehead atoms. The molecule has 2 aromatic carbocycles. The van der Waals surface area contributed by atoms with Crippen LogP contribution in [0.25, 0.3) is 0 Å². The third kappa shape index (κ3) is 3.02. The van der Waals surface area contributed by atoms with Crippen LogP contribution in [0.2, 0.25) is 0 Å². The highest BCUT2D eigenvalue weighted by molar-refractivity contribution is 5.68. The van der Waals surface area contributed by atoms with Crippen LogP contribution < -0.4 is 11.1 Å². The van der Waals surface area contributed by atoms with Crippen LogP contribution in [0.5, 0.6) is 0 Å². The summed E-state index contributed by atoms with van der Waals surface area (Å²) in [4.78, 5) is 0. The largest absolute Gasteiger partial charge is 0.397 e. The van der Waals surface area contributed by atoms with Crippen molar-refractivity contribution in [3.63, 3.8) is 0 Å². The minimum atomic E-state index is -0.256. The van der Waals surface area contributed by atoms with Gasteiger partial charge in [0.2, 0.25) is 0 Å². The zero-order valence-corrected chi connectivity index (χ0v) is 10.5. The van der Waals surface area contributed by atoms with Crippen LogP contribution in [0.15, 0.2) is 42.5 Å². The lowest BCUT2D eigenvalue weighted by atomic mass is 10.1. The maximum atomic E-state index is 12.9. The molecule has 0 heterocycles. The number of rotatable bonds is 3. The second-order valence-corrected chi connectivity index (χ2v) is 4.33. The zero-order chi connectivity index (χ0) is 13.8. The summed E-state index contributed by atoms with van der Waals surface area (Å²) in [6.07, 6.45) is 0. The number of benzene rings is 2. The molecular weight excluding hydrogens is 241 g/mol. The van der Waals surface area contributed by atoms with Gasteiger partial charge in [-0.1, -0.05) is 12.1 Å². The average Bonchev–Trinajstić information content (AvgIpc) is 2.41. The van der Waals surface area contributed by atoms with Crippen molar-refractivity contribution in [1.82, 2.24) is 0 Å². The van der Waals surface area contributed by atoms with Crippen LogP contribution in [0, 0.1) is 17.1 Å². The molecule has 2 rings (SSSR count). The summed E-state index contributed by atoms with van der Waals surface area (Å²) in [6.45, 7) is 1.96. The quantitative estimate of drug-likeness (QED) is 0.826. The first-order valence-electron chi connectivity index (χ1n) is 5.92. The Bertz CT molecular complexity index is 614. The molecule has 0 aliphatic carbocycles. The van der Waals surface area contributed by atoms with Crippen LogP contribution in [0.3, 0.4) is 0 Å². The van der Waals surface area contributed by atoms with Crippen molar-refractivity contribution in [2.24, 2.45) is 0 Å². The number of nitriles is 1. The number of halogens is 1. The van der Waals surface area contributed by atoms with E-state index in [1.165, 1.54) is 12.1 Å². The fraction of sp³-hybridized carbons (Fsp3) is 0.133. The fourth-order valence-electron chi connectivity index (χ4n) is 1.83. The molecule has 1 unspecified atom stereocenters. The summed E-state index contributed by atoms with van der Waals surface area (Å²) in [5.74, 6) is -0.256. The average molecular weight is 255 g/mol. The summed E-state index contributed by atoms with van der Waals surface area (Å²) in [7, 11) is 0. The number of nitrogen functional groups attached to an aromatic ring is 1. The molecule has 96 valence electrons. The van der Waals surface area contributed by atoms with Gasteiger partial charge in [0.15, 0.2) is 0 Å². The number of nitrogens with two attached hydrogens (primary N) is 1. The van der Waals surface area contributed by atoms with E-state index >= 15 is 0 Å². The molecule has 0 fully saturated rings. The molecular formula is C15H14FN3. The summed E-state index contributed by atoms with van der Waals surface area (Å²) in [6, 6.07) is 13.4. The predicted octanol–water partition coefficient (Wildman–Crippen LogP) is 3.45. The van der Waals surface area contributed by atoms with Gasteiger partial charge in [-0.2, -0.15) is 5.26 Å². The molecule has 1 atom stereocenters. The van der Waals surface area contributed by atoms with E-state index in [1.54, 1.807) is 30.3 Å². The second-order valence-electron chi connectivity index (χ2n) is 4.33. The van der Waals surface area contributed by atoms with Gasteiger partial charge in [-0.3, -0.25) is 0 Å². The summed E-state index contributed by atoms with van der Waals surface area (Å²) in [5, 5.41) is 12.0. The predicted molar refractivity (Wildman–Crippen MR) is 74.0 cm³/mol. The molecule has 0 aliphatic heterocycles. The number of nitrogens with one attached hydrogen (secondary N) is 1. The Labute approximate surface area is 111 Å². The fourth-order valence-corrected chi connectivity index (χ4v) is 1.83. The minimum absolute atomic E-state index is 0.00386. The lowest BCUT2D eigenvalue weighted by Crippen LogP contribution is -2.08. The van der Waals surface area contributed by atoms with Gasteiger partial charge in [-0.05, 0) is 42.8 Å². The summed E-state index contributed by atoms with van der Waals surface area (Å²) >= 11 is 0. The minimum Gasteiger partial charge on any atom is -0.397 e. The van der Waals surface area contributed by atoms with Gasteiger partial charge in [0.25, 0.3) is 0 Å². The van der Waals surface area contributed by atoms with Crippen molar-refractivity contribution in [2.75, 3.05) is 11.1 Å². The SMILES string of the molecule is CC(Nc1ccc(C#N)cc1N)c1ccc(F)cc1. The standard InChI is InChI=1S/C15H14FN3/c1-10(12-3-5-13(16)6-4-12)19-15-7-2-11(9-17)8-14(15)18/h2-8,10,19H,18H2,1H3. The summed E-state index contributed by atoms with van der Waals surface area (Å²) in [5.41, 5.74) is 8.64. The van der Waals surface area contributed by atoms with Gasteiger partial charge in [-0.15, -0.1) is 0 Å². The maximum Gasteiger partial charge on any atom is 0.123 e. The first-order chi connectivity index (χ1) is 9.10. The first kappa shape index (κ1) is 12.9. The van der Waals surface area contributed by atoms with E-state index in [4.69, 9.17) is 11.0 Å². The highest BCUT2D eigenvalue weighted by Gasteiger charge is 2.07. The van der Waals surface area contributed by atoms with E-state index < -0.39 is 0 Å². The highest BCUT2D eigenvalue weighted by Crippen LogP contribution is 2.25. The smallest absolute Gasteiger partial charge is 0.123 e. The molecule has 0 radical (unpaired) electrons. The van der Waals surface area contributed by atoms with Crippen molar-refractivity contribution in [3.8, 4) is 6.07 Å². The highest BCUT2D eigenvalue weighted by atomic mass is 19.1. The Balaban J connectivity index is 2.17. The van der Waals surface area contributed by atoms with Gasteiger partial charge in [0, 0.05) is 6.04 Å². The van der Waals surface area contributed by atoms with Crippen LogP contribution in [0.4, 0.5) is 15.8 Å². The Morgan fingerprint density at radius 2 is 1.89 bits per heavy atom. The van der Waals surface area contributed by atoms with Crippen LogP contribution >= 0.6 is 0 Å². The third-order valence-electron chi connectivity index (χ3n) is 2.92. The van der Waals surface area contributed by atoms with Crippen molar-refractivity contribution in [1.29, 1.82) is 5.26 Å². The molecule has 0 saturated heterocycles. The first-order valence-corrected chi connectivity index (χ1v) is 5.92. The van der Waals surface area contributed by atoms with Crippen molar-refractivity contribution in [3.05, 3.63) is 59.4 Å². The Morgan fingerprint density at radius 1 is 1.21 bits per heavy atom. The number of nitrogens with zero attached hydrogens (tertiary/aromatic N) is 1. The van der Waals surface area contributed by atoms with Gasteiger partial charge in [0.1, 0.15) is 5.82 Å². The van der Waals surface area contributed by atoms with E-state index in [1.807, 2.05) is 13.0 Å². The molecule has 0 aromatic heterocycles. The monoisotopic (exact) mass is 255 g/mol. The maximum absolute atomic E-state index is 12.9. The van der Waals surface area contributed by atoms with E-state index in [2.05, 4.69) is 5.32 Å². The molecule has 4 heteroatoms. The normalized spacial score (nSPS) is 11.6. The zero-order valence-electron chi connectivity index (χ0n) is 10.5. The molecule has 3 nitrogen and oxygen atoms in total. The molecule has 2 aromatic rings. The molecule has 0 aliphatic rings. The summed E-state index contributed by atoms with van der Waals surface area (Å²) < 4.78 is 12.9. The third-order valence-corrected chi connectivity index (χ3v) is 2.92. The van der Waals surface area contributed by atoms with E-state index in [0.717, 1.165) is 11.3 Å². The Morgan fingerprint density at radius 3 is 2.47 bits per heavy atom.